The third-order valence-corrected chi connectivity index (χ3v) is 3.30. The first-order chi connectivity index (χ1) is 8.88. The molecule has 0 aliphatic carbocycles. The number of rotatable bonds is 4. The zero-order chi connectivity index (χ0) is 14.6. The van der Waals surface area contributed by atoms with Gasteiger partial charge in [-0.25, -0.2) is 9.78 Å². The van der Waals surface area contributed by atoms with E-state index in [2.05, 4.69) is 16.2 Å². The van der Waals surface area contributed by atoms with Gasteiger partial charge in [0.2, 0.25) is 0 Å². The number of carboxylic acids is 1. The lowest BCUT2D eigenvalue weighted by Crippen LogP contribution is -2.40. The molecule has 1 atom stereocenters. The quantitative estimate of drug-likeness (QED) is 0.834. The molecule has 0 bridgehead atoms. The standard InChI is InChI=1S/C11H7Cl3N2O3/c1-2-3-6(11(18)19)16-10(17)9-8(14)7(13)5(12)4-15-9/h1,4,6H,3H2,(H,16,17)(H,18,19). The molecular weight excluding hydrogens is 314 g/mol. The van der Waals surface area contributed by atoms with Crippen LogP contribution in [0.3, 0.4) is 0 Å². The van der Waals surface area contributed by atoms with Crippen molar-refractivity contribution >= 4 is 46.7 Å². The third-order valence-electron chi connectivity index (χ3n) is 2.06. The van der Waals surface area contributed by atoms with Crippen LogP contribution in [0, 0.1) is 12.3 Å². The molecule has 100 valence electrons. The van der Waals surface area contributed by atoms with Crippen molar-refractivity contribution in [2.45, 2.75) is 12.5 Å². The average molecular weight is 322 g/mol. The molecule has 0 radical (unpaired) electrons. The van der Waals surface area contributed by atoms with Gasteiger partial charge in [-0.2, -0.15) is 0 Å². The Morgan fingerprint density at radius 1 is 1.42 bits per heavy atom. The molecule has 1 aromatic heterocycles. The van der Waals surface area contributed by atoms with E-state index in [0.29, 0.717) is 0 Å². The molecule has 0 spiro atoms. The Hall–Kier alpha value is -1.48. The molecule has 1 amide bonds. The molecule has 2 N–H and O–H groups in total. The first kappa shape index (κ1) is 15.6. The van der Waals surface area contributed by atoms with Gasteiger partial charge in [-0.05, 0) is 0 Å². The van der Waals surface area contributed by atoms with E-state index in [1.165, 1.54) is 0 Å². The topological polar surface area (TPSA) is 79.3 Å². The fraction of sp³-hybridized carbons (Fsp3) is 0.182. The number of nitrogens with zero attached hydrogens (tertiary/aromatic N) is 1. The van der Waals surface area contributed by atoms with Gasteiger partial charge in [0.25, 0.3) is 5.91 Å². The van der Waals surface area contributed by atoms with Gasteiger partial charge in [0.15, 0.2) is 0 Å². The lowest BCUT2D eigenvalue weighted by Gasteiger charge is -2.12. The average Bonchev–Trinajstić information content (AvgIpc) is 2.35. The summed E-state index contributed by atoms with van der Waals surface area (Å²) in [6.45, 7) is 0. The van der Waals surface area contributed by atoms with E-state index in [-0.39, 0.29) is 27.2 Å². The summed E-state index contributed by atoms with van der Waals surface area (Å²) in [5.74, 6) is 0.0836. The summed E-state index contributed by atoms with van der Waals surface area (Å²) in [6.07, 6.45) is 5.98. The Bertz CT molecular complexity index is 569. The van der Waals surface area contributed by atoms with Crippen LogP contribution in [0.2, 0.25) is 15.1 Å². The number of carbonyl (C=O) groups excluding carboxylic acids is 1. The van der Waals surface area contributed by atoms with Crippen LogP contribution < -0.4 is 5.32 Å². The van der Waals surface area contributed by atoms with Crippen LogP contribution in [0.4, 0.5) is 0 Å². The Balaban J connectivity index is 2.99. The van der Waals surface area contributed by atoms with Crippen LogP contribution >= 0.6 is 34.8 Å². The van der Waals surface area contributed by atoms with E-state index in [9.17, 15) is 9.59 Å². The SMILES string of the molecule is C#CCC(NC(=O)c1ncc(Cl)c(Cl)c1Cl)C(=O)O. The number of aliphatic carboxylic acids is 1. The summed E-state index contributed by atoms with van der Waals surface area (Å²) >= 11 is 17.2. The van der Waals surface area contributed by atoms with Crippen LogP contribution in [0.5, 0.6) is 0 Å². The van der Waals surface area contributed by atoms with E-state index in [0.717, 1.165) is 6.20 Å². The highest BCUT2D eigenvalue weighted by Gasteiger charge is 2.23. The monoisotopic (exact) mass is 320 g/mol. The van der Waals surface area contributed by atoms with Crippen LogP contribution in [-0.2, 0) is 4.79 Å². The fourth-order valence-corrected chi connectivity index (χ4v) is 1.71. The zero-order valence-corrected chi connectivity index (χ0v) is 11.6. The Kier molecular flexibility index (Phi) is 5.43. The van der Waals surface area contributed by atoms with Gasteiger partial charge in [-0.3, -0.25) is 4.79 Å². The number of hydrogen-bond donors (Lipinski definition) is 2. The summed E-state index contributed by atoms with van der Waals surface area (Å²) < 4.78 is 0. The van der Waals surface area contributed by atoms with Crippen molar-refractivity contribution in [2.24, 2.45) is 0 Å². The fourth-order valence-electron chi connectivity index (χ4n) is 1.15. The second kappa shape index (κ2) is 6.62. The highest BCUT2D eigenvalue weighted by Crippen LogP contribution is 2.30. The van der Waals surface area contributed by atoms with Gasteiger partial charge in [-0.1, -0.05) is 34.8 Å². The minimum absolute atomic E-state index is 0.0349. The number of aromatic nitrogens is 1. The molecule has 0 aromatic carbocycles. The smallest absolute Gasteiger partial charge is 0.327 e. The molecule has 1 unspecified atom stereocenters. The molecule has 0 saturated carbocycles. The highest BCUT2D eigenvalue weighted by molar-refractivity contribution is 6.48. The van der Waals surface area contributed by atoms with Crippen molar-refractivity contribution in [3.05, 3.63) is 27.0 Å². The molecular formula is C11H7Cl3N2O3. The van der Waals surface area contributed by atoms with Crippen LogP contribution in [-0.4, -0.2) is 28.0 Å². The maximum Gasteiger partial charge on any atom is 0.327 e. The molecule has 0 aliphatic heterocycles. The summed E-state index contributed by atoms with van der Waals surface area (Å²) in [7, 11) is 0. The number of amides is 1. The summed E-state index contributed by atoms with van der Waals surface area (Å²) in [6, 6.07) is -1.23. The number of halogens is 3. The highest BCUT2D eigenvalue weighted by atomic mass is 35.5. The van der Waals surface area contributed by atoms with Crippen molar-refractivity contribution < 1.29 is 14.7 Å². The van der Waals surface area contributed by atoms with Crippen molar-refractivity contribution in [2.75, 3.05) is 0 Å². The lowest BCUT2D eigenvalue weighted by atomic mass is 10.2. The second-order valence-electron chi connectivity index (χ2n) is 3.36. The number of carboxylic acid groups (broad SMARTS) is 1. The van der Waals surface area contributed by atoms with Crippen LogP contribution in [0.15, 0.2) is 6.20 Å². The summed E-state index contributed by atoms with van der Waals surface area (Å²) in [5.41, 5.74) is -0.223. The molecule has 1 rings (SSSR count). The number of pyridine rings is 1. The first-order valence-corrected chi connectivity index (χ1v) is 5.98. The largest absolute Gasteiger partial charge is 0.480 e. The van der Waals surface area contributed by atoms with Crippen molar-refractivity contribution in [3.63, 3.8) is 0 Å². The summed E-state index contributed by atoms with van der Waals surface area (Å²) in [5, 5.41) is 10.9. The second-order valence-corrected chi connectivity index (χ2v) is 4.52. The molecule has 5 nitrogen and oxygen atoms in total. The van der Waals surface area contributed by atoms with E-state index in [1.807, 2.05) is 0 Å². The van der Waals surface area contributed by atoms with Gasteiger partial charge in [-0.15, -0.1) is 12.3 Å². The third kappa shape index (κ3) is 3.74. The van der Waals surface area contributed by atoms with Gasteiger partial charge >= 0.3 is 5.97 Å². The molecule has 8 heteroatoms. The maximum absolute atomic E-state index is 11.8. The van der Waals surface area contributed by atoms with Gasteiger partial charge in [0.1, 0.15) is 11.7 Å². The van der Waals surface area contributed by atoms with Gasteiger partial charge < -0.3 is 10.4 Å². The zero-order valence-electron chi connectivity index (χ0n) is 9.28. The first-order valence-electron chi connectivity index (χ1n) is 4.85. The number of carbonyl (C=O) groups is 2. The minimum atomic E-state index is -1.26. The Morgan fingerprint density at radius 3 is 2.58 bits per heavy atom. The van der Waals surface area contributed by atoms with Gasteiger partial charge in [0, 0.05) is 12.6 Å². The predicted molar refractivity (Wildman–Crippen MR) is 71.6 cm³/mol. The minimum Gasteiger partial charge on any atom is -0.480 e. The van der Waals surface area contributed by atoms with Crippen LogP contribution in [0.25, 0.3) is 0 Å². The molecule has 1 aromatic rings. The van der Waals surface area contributed by atoms with E-state index in [4.69, 9.17) is 46.3 Å². The van der Waals surface area contributed by atoms with E-state index < -0.39 is 17.9 Å². The van der Waals surface area contributed by atoms with E-state index in [1.54, 1.807) is 0 Å². The molecule has 1 heterocycles. The van der Waals surface area contributed by atoms with Crippen molar-refractivity contribution in [1.29, 1.82) is 0 Å². The Labute approximate surface area is 123 Å². The number of hydrogen-bond acceptors (Lipinski definition) is 3. The Morgan fingerprint density at radius 2 is 2.05 bits per heavy atom. The number of terminal acetylenes is 1. The molecule has 0 fully saturated rings. The summed E-state index contributed by atoms with van der Waals surface area (Å²) in [4.78, 5) is 26.4. The van der Waals surface area contributed by atoms with E-state index >= 15 is 0 Å². The van der Waals surface area contributed by atoms with Crippen LogP contribution in [0.1, 0.15) is 16.9 Å². The lowest BCUT2D eigenvalue weighted by molar-refractivity contribution is -0.139. The number of nitrogens with one attached hydrogen (secondary N) is 1. The molecule has 0 saturated heterocycles. The van der Waals surface area contributed by atoms with Crippen molar-refractivity contribution in [1.82, 2.24) is 10.3 Å². The predicted octanol–water partition coefficient (Wildman–Crippen LogP) is 2.25. The van der Waals surface area contributed by atoms with Gasteiger partial charge in [0.05, 0.1) is 15.1 Å². The maximum atomic E-state index is 11.8. The van der Waals surface area contributed by atoms with Crippen molar-refractivity contribution in [3.8, 4) is 12.3 Å². The molecule has 0 aliphatic rings. The molecule has 19 heavy (non-hydrogen) atoms. The normalized spacial score (nSPS) is 11.5.